The van der Waals surface area contributed by atoms with E-state index in [1.807, 2.05) is 0 Å². The van der Waals surface area contributed by atoms with Gasteiger partial charge in [-0.2, -0.15) is 0 Å². The van der Waals surface area contributed by atoms with Gasteiger partial charge in [-0.15, -0.1) is 0 Å². The molecule has 1 heterocycles. The third-order valence-corrected chi connectivity index (χ3v) is 2.11. The van der Waals surface area contributed by atoms with E-state index in [0.717, 1.165) is 0 Å². The van der Waals surface area contributed by atoms with Gasteiger partial charge in [-0.3, -0.25) is 4.79 Å². The predicted molar refractivity (Wildman–Crippen MR) is 39.7 cm³/mol. The average Bonchev–Trinajstić information content (AvgIpc) is 2.52. The number of hydrogen-bond donors (Lipinski definition) is 1. The van der Waals surface area contributed by atoms with Crippen molar-refractivity contribution in [2.24, 2.45) is 5.92 Å². The SMILES string of the molecule is O=C1CC(CO)Cc2ocnc21. The van der Waals surface area contributed by atoms with Crippen LogP contribution in [0.2, 0.25) is 0 Å². The molecule has 0 saturated carbocycles. The number of aliphatic hydroxyl groups excluding tert-OH is 1. The molecule has 4 nitrogen and oxygen atoms in total. The molecule has 0 saturated heterocycles. The highest BCUT2D eigenvalue weighted by molar-refractivity contribution is 5.96. The third-order valence-electron chi connectivity index (χ3n) is 2.11. The second-order valence-corrected chi connectivity index (χ2v) is 3.00. The molecule has 1 aliphatic carbocycles. The van der Waals surface area contributed by atoms with Crippen LogP contribution in [0, 0.1) is 5.92 Å². The van der Waals surface area contributed by atoms with E-state index in [4.69, 9.17) is 9.52 Å². The second kappa shape index (κ2) is 2.71. The van der Waals surface area contributed by atoms with E-state index in [0.29, 0.717) is 24.3 Å². The summed E-state index contributed by atoms with van der Waals surface area (Å²) in [5.41, 5.74) is 0.444. The third kappa shape index (κ3) is 1.04. The number of carbonyl (C=O) groups is 1. The van der Waals surface area contributed by atoms with Gasteiger partial charge in [0.05, 0.1) is 0 Å². The molecule has 1 unspecified atom stereocenters. The quantitative estimate of drug-likeness (QED) is 0.658. The van der Waals surface area contributed by atoms with Crippen LogP contribution in [0.15, 0.2) is 10.8 Å². The number of fused-ring (bicyclic) bond motifs is 1. The second-order valence-electron chi connectivity index (χ2n) is 3.00. The highest BCUT2D eigenvalue weighted by Crippen LogP contribution is 2.23. The summed E-state index contributed by atoms with van der Waals surface area (Å²) in [7, 11) is 0. The average molecular weight is 167 g/mol. The lowest BCUT2D eigenvalue weighted by atomic mass is 9.90. The predicted octanol–water partition coefficient (Wildman–Crippen LogP) is 0.412. The summed E-state index contributed by atoms with van der Waals surface area (Å²) in [5.74, 6) is 0.604. The van der Waals surface area contributed by atoms with Gasteiger partial charge in [0.2, 0.25) is 0 Å². The van der Waals surface area contributed by atoms with Crippen LogP contribution in [-0.2, 0) is 6.42 Å². The lowest BCUT2D eigenvalue weighted by Crippen LogP contribution is -2.21. The minimum atomic E-state index is -0.0240. The van der Waals surface area contributed by atoms with Gasteiger partial charge in [0.1, 0.15) is 11.5 Å². The molecule has 0 aliphatic heterocycles. The van der Waals surface area contributed by atoms with Gasteiger partial charge in [-0.25, -0.2) is 4.98 Å². The molecule has 0 spiro atoms. The number of aromatic nitrogens is 1. The Morgan fingerprint density at radius 1 is 1.67 bits per heavy atom. The normalized spacial score (nSPS) is 22.4. The zero-order chi connectivity index (χ0) is 8.55. The van der Waals surface area contributed by atoms with E-state index in [1.54, 1.807) is 0 Å². The maximum atomic E-state index is 11.3. The Kier molecular flexibility index (Phi) is 1.69. The summed E-state index contributed by atoms with van der Waals surface area (Å²) in [6, 6.07) is 0. The Morgan fingerprint density at radius 2 is 2.50 bits per heavy atom. The van der Waals surface area contributed by atoms with Crippen molar-refractivity contribution in [2.45, 2.75) is 12.8 Å². The number of aliphatic hydroxyl groups is 1. The number of ketones is 1. The Labute approximate surface area is 69.2 Å². The molecule has 1 atom stereocenters. The number of oxazole rings is 1. The van der Waals surface area contributed by atoms with Crippen molar-refractivity contribution in [3.05, 3.63) is 17.8 Å². The molecule has 0 amide bonds. The summed E-state index contributed by atoms with van der Waals surface area (Å²) < 4.78 is 5.02. The topological polar surface area (TPSA) is 63.3 Å². The summed E-state index contributed by atoms with van der Waals surface area (Å²) in [5, 5.41) is 8.86. The number of rotatable bonds is 1. The first kappa shape index (κ1) is 7.49. The van der Waals surface area contributed by atoms with E-state index in [9.17, 15) is 4.79 Å². The monoisotopic (exact) mass is 167 g/mol. The highest BCUT2D eigenvalue weighted by atomic mass is 16.3. The van der Waals surface area contributed by atoms with E-state index in [1.165, 1.54) is 6.39 Å². The van der Waals surface area contributed by atoms with Crippen molar-refractivity contribution in [1.29, 1.82) is 0 Å². The smallest absolute Gasteiger partial charge is 0.185 e. The lowest BCUT2D eigenvalue weighted by Gasteiger charge is -2.16. The molecule has 1 aromatic rings. The summed E-state index contributed by atoms with van der Waals surface area (Å²) in [6.45, 7) is 0.0336. The highest BCUT2D eigenvalue weighted by Gasteiger charge is 2.28. The Bertz CT molecular complexity index is 305. The Hall–Kier alpha value is -1.16. The lowest BCUT2D eigenvalue weighted by molar-refractivity contribution is 0.0907. The molecule has 12 heavy (non-hydrogen) atoms. The van der Waals surface area contributed by atoms with E-state index in [2.05, 4.69) is 4.98 Å². The van der Waals surface area contributed by atoms with Gasteiger partial charge < -0.3 is 9.52 Å². The Morgan fingerprint density at radius 3 is 3.25 bits per heavy atom. The van der Waals surface area contributed by atoms with E-state index in [-0.39, 0.29) is 18.3 Å². The van der Waals surface area contributed by atoms with Crippen molar-refractivity contribution in [2.75, 3.05) is 6.61 Å². The van der Waals surface area contributed by atoms with Crippen LogP contribution < -0.4 is 0 Å². The summed E-state index contributed by atoms with van der Waals surface area (Å²) in [4.78, 5) is 15.1. The minimum absolute atomic E-state index is 0.0120. The fraction of sp³-hybridized carbons (Fsp3) is 0.500. The molecule has 0 radical (unpaired) electrons. The zero-order valence-electron chi connectivity index (χ0n) is 6.49. The minimum Gasteiger partial charge on any atom is -0.448 e. The number of nitrogens with zero attached hydrogens (tertiary/aromatic N) is 1. The van der Waals surface area contributed by atoms with Crippen LogP contribution in [0.3, 0.4) is 0 Å². The molecule has 64 valence electrons. The molecule has 0 aromatic carbocycles. The maximum absolute atomic E-state index is 11.3. The van der Waals surface area contributed by atoms with Gasteiger partial charge in [-0.1, -0.05) is 0 Å². The number of Topliss-reactive ketones (excluding diaryl/α,β-unsaturated/α-hetero) is 1. The first-order valence-electron chi connectivity index (χ1n) is 3.87. The molecule has 0 fully saturated rings. The molecule has 2 rings (SSSR count). The first-order valence-corrected chi connectivity index (χ1v) is 3.87. The van der Waals surface area contributed by atoms with E-state index < -0.39 is 0 Å². The van der Waals surface area contributed by atoms with Gasteiger partial charge >= 0.3 is 0 Å². The molecule has 1 aliphatic rings. The molecule has 4 heteroatoms. The van der Waals surface area contributed by atoms with Crippen molar-refractivity contribution >= 4 is 5.78 Å². The van der Waals surface area contributed by atoms with Crippen LogP contribution in [-0.4, -0.2) is 22.5 Å². The van der Waals surface area contributed by atoms with E-state index >= 15 is 0 Å². The summed E-state index contributed by atoms with van der Waals surface area (Å²) in [6.07, 6.45) is 2.29. The maximum Gasteiger partial charge on any atom is 0.185 e. The largest absolute Gasteiger partial charge is 0.448 e. The van der Waals surface area contributed by atoms with Crippen molar-refractivity contribution < 1.29 is 14.3 Å². The van der Waals surface area contributed by atoms with Crippen molar-refractivity contribution in [3.63, 3.8) is 0 Å². The summed E-state index contributed by atoms with van der Waals surface area (Å²) >= 11 is 0. The fourth-order valence-electron chi connectivity index (χ4n) is 1.47. The van der Waals surface area contributed by atoms with Gasteiger partial charge in [0.15, 0.2) is 12.2 Å². The Balaban J connectivity index is 2.32. The standard InChI is InChI=1S/C8H9NO3/c10-3-5-1-6(11)8-7(2-5)12-4-9-8/h4-5,10H,1-3H2. The number of carbonyl (C=O) groups excluding carboxylic acids is 1. The molecular formula is C8H9NO3. The van der Waals surface area contributed by atoms with Crippen LogP contribution in [0.1, 0.15) is 22.7 Å². The van der Waals surface area contributed by atoms with Gasteiger partial charge in [0.25, 0.3) is 0 Å². The van der Waals surface area contributed by atoms with Gasteiger partial charge in [-0.05, 0) is 5.92 Å². The van der Waals surface area contributed by atoms with Crippen LogP contribution in [0.4, 0.5) is 0 Å². The van der Waals surface area contributed by atoms with Crippen LogP contribution >= 0.6 is 0 Å². The molecule has 1 aromatic heterocycles. The molecular weight excluding hydrogens is 158 g/mol. The van der Waals surface area contributed by atoms with Crippen molar-refractivity contribution in [3.8, 4) is 0 Å². The zero-order valence-corrected chi connectivity index (χ0v) is 6.49. The van der Waals surface area contributed by atoms with Crippen LogP contribution in [0.5, 0.6) is 0 Å². The molecule has 0 bridgehead atoms. The number of hydrogen-bond acceptors (Lipinski definition) is 4. The van der Waals surface area contributed by atoms with Crippen LogP contribution in [0.25, 0.3) is 0 Å². The fourth-order valence-corrected chi connectivity index (χ4v) is 1.47. The van der Waals surface area contributed by atoms with Crippen molar-refractivity contribution in [1.82, 2.24) is 4.98 Å². The first-order chi connectivity index (χ1) is 5.81. The van der Waals surface area contributed by atoms with Gasteiger partial charge in [0, 0.05) is 19.4 Å². The molecule has 1 N–H and O–H groups in total.